The van der Waals surface area contributed by atoms with Gasteiger partial charge in [0.1, 0.15) is 0 Å². The number of aryl methyl sites for hydroxylation is 1. The molecule has 1 aliphatic heterocycles. The number of carbonyl (C=O) groups excluding carboxylic acids is 1. The molecule has 2 rings (SSSR count). The average Bonchev–Trinajstić information content (AvgIpc) is 2.35. The van der Waals surface area contributed by atoms with Gasteiger partial charge in [-0.05, 0) is 23.6 Å². The van der Waals surface area contributed by atoms with Gasteiger partial charge in [0.15, 0.2) is 0 Å². The van der Waals surface area contributed by atoms with Crippen LogP contribution in [0.5, 0.6) is 0 Å². The van der Waals surface area contributed by atoms with Gasteiger partial charge in [-0.25, -0.2) is 0 Å². The second-order valence-corrected chi connectivity index (χ2v) is 5.43. The van der Waals surface area contributed by atoms with E-state index in [0.29, 0.717) is 13.1 Å². The summed E-state index contributed by atoms with van der Waals surface area (Å²) in [6, 6.07) is 6.29. The summed E-state index contributed by atoms with van der Waals surface area (Å²) in [4.78, 5) is 11.3. The topological polar surface area (TPSA) is 67.1 Å². The fourth-order valence-electron chi connectivity index (χ4n) is 2.29. The van der Waals surface area contributed by atoms with Gasteiger partial charge in [0.2, 0.25) is 5.91 Å². The maximum absolute atomic E-state index is 11.3. The molecule has 1 aromatic carbocycles. The average molecular weight is 247 g/mol. The first-order chi connectivity index (χ1) is 8.53. The molecule has 0 saturated carbocycles. The SMILES string of the molecule is CC(C)(CNCN)c1ccc2c(c1)CCC(=O)N2. The molecule has 1 heterocycles. The Hall–Kier alpha value is -1.39. The van der Waals surface area contributed by atoms with E-state index in [1.807, 2.05) is 6.07 Å². The highest BCUT2D eigenvalue weighted by Gasteiger charge is 2.22. The zero-order chi connectivity index (χ0) is 13.2. The maximum atomic E-state index is 11.3. The summed E-state index contributed by atoms with van der Waals surface area (Å²) in [7, 11) is 0. The maximum Gasteiger partial charge on any atom is 0.224 e. The Morgan fingerprint density at radius 3 is 2.89 bits per heavy atom. The molecule has 0 fully saturated rings. The fourth-order valence-corrected chi connectivity index (χ4v) is 2.29. The van der Waals surface area contributed by atoms with Crippen molar-refractivity contribution in [3.8, 4) is 0 Å². The minimum absolute atomic E-state index is 0.0376. The van der Waals surface area contributed by atoms with Crippen LogP contribution in [0.15, 0.2) is 18.2 Å². The lowest BCUT2D eigenvalue weighted by Gasteiger charge is -2.27. The van der Waals surface area contributed by atoms with Crippen molar-refractivity contribution in [3.63, 3.8) is 0 Å². The number of hydrogen-bond donors (Lipinski definition) is 3. The van der Waals surface area contributed by atoms with E-state index in [-0.39, 0.29) is 11.3 Å². The van der Waals surface area contributed by atoms with E-state index < -0.39 is 0 Å². The van der Waals surface area contributed by atoms with Gasteiger partial charge >= 0.3 is 0 Å². The van der Waals surface area contributed by atoms with Crippen LogP contribution in [0.3, 0.4) is 0 Å². The molecule has 0 unspecified atom stereocenters. The van der Waals surface area contributed by atoms with Crippen molar-refractivity contribution >= 4 is 11.6 Å². The lowest BCUT2D eigenvalue weighted by atomic mass is 9.82. The Morgan fingerprint density at radius 1 is 1.39 bits per heavy atom. The first kappa shape index (κ1) is 13.1. The Morgan fingerprint density at radius 2 is 2.17 bits per heavy atom. The Labute approximate surface area is 108 Å². The van der Waals surface area contributed by atoms with Crippen LogP contribution >= 0.6 is 0 Å². The summed E-state index contributed by atoms with van der Waals surface area (Å²) < 4.78 is 0. The highest BCUT2D eigenvalue weighted by Crippen LogP contribution is 2.29. The van der Waals surface area contributed by atoms with Crippen molar-refractivity contribution in [2.75, 3.05) is 18.5 Å². The fraction of sp³-hybridized carbons (Fsp3) is 0.500. The quantitative estimate of drug-likeness (QED) is 0.704. The number of nitrogens with two attached hydrogens (primary N) is 1. The molecular formula is C14H21N3O. The van der Waals surface area contributed by atoms with Crippen LogP contribution in [0, 0.1) is 0 Å². The number of nitrogens with one attached hydrogen (secondary N) is 2. The number of anilines is 1. The van der Waals surface area contributed by atoms with Crippen LogP contribution in [0.1, 0.15) is 31.4 Å². The van der Waals surface area contributed by atoms with Crippen LogP contribution in [0.4, 0.5) is 5.69 Å². The van der Waals surface area contributed by atoms with Crippen LogP contribution in [0.25, 0.3) is 0 Å². The molecule has 0 spiro atoms. The molecule has 0 saturated heterocycles. The first-order valence-electron chi connectivity index (χ1n) is 6.37. The van der Waals surface area contributed by atoms with E-state index >= 15 is 0 Å². The van der Waals surface area contributed by atoms with Crippen LogP contribution in [-0.2, 0) is 16.6 Å². The molecular weight excluding hydrogens is 226 g/mol. The smallest absolute Gasteiger partial charge is 0.224 e. The third kappa shape index (κ3) is 2.71. The summed E-state index contributed by atoms with van der Waals surface area (Å²) in [6.07, 6.45) is 1.41. The number of fused-ring (bicyclic) bond motifs is 1. The molecule has 0 atom stereocenters. The molecule has 4 N–H and O–H groups in total. The Balaban J connectivity index is 2.23. The second kappa shape index (κ2) is 5.08. The van der Waals surface area contributed by atoms with Gasteiger partial charge in [0.05, 0.1) is 0 Å². The van der Waals surface area contributed by atoms with E-state index in [9.17, 15) is 4.79 Å². The standard InChI is InChI=1S/C14H21N3O/c1-14(2,8-16-9-15)11-4-5-12-10(7-11)3-6-13(18)17-12/h4-5,7,16H,3,6,8-9,15H2,1-2H3,(H,17,18). The number of rotatable bonds is 4. The molecule has 0 radical (unpaired) electrons. The minimum Gasteiger partial charge on any atom is -0.326 e. The van der Waals surface area contributed by atoms with E-state index in [1.165, 1.54) is 11.1 Å². The van der Waals surface area contributed by atoms with Gasteiger partial charge in [-0.2, -0.15) is 0 Å². The third-order valence-corrected chi connectivity index (χ3v) is 3.49. The van der Waals surface area contributed by atoms with Crippen molar-refractivity contribution in [3.05, 3.63) is 29.3 Å². The summed E-state index contributed by atoms with van der Waals surface area (Å²) in [5, 5.41) is 6.09. The first-order valence-corrected chi connectivity index (χ1v) is 6.37. The van der Waals surface area contributed by atoms with Gasteiger partial charge in [0, 0.05) is 30.7 Å². The summed E-state index contributed by atoms with van der Waals surface area (Å²) in [5.74, 6) is 0.110. The molecule has 0 bridgehead atoms. The molecule has 0 aromatic heterocycles. The molecule has 0 aliphatic carbocycles. The number of hydrogen-bond acceptors (Lipinski definition) is 3. The van der Waals surface area contributed by atoms with Crippen LogP contribution in [0.2, 0.25) is 0 Å². The van der Waals surface area contributed by atoms with E-state index in [4.69, 9.17) is 5.73 Å². The largest absolute Gasteiger partial charge is 0.326 e. The van der Waals surface area contributed by atoms with Crippen LogP contribution < -0.4 is 16.4 Å². The van der Waals surface area contributed by atoms with Crippen molar-refractivity contribution < 1.29 is 4.79 Å². The predicted molar refractivity (Wildman–Crippen MR) is 73.5 cm³/mol. The summed E-state index contributed by atoms with van der Waals surface area (Å²) >= 11 is 0. The Bertz CT molecular complexity index is 454. The molecule has 4 heteroatoms. The third-order valence-electron chi connectivity index (χ3n) is 3.49. The number of carbonyl (C=O) groups is 1. The zero-order valence-corrected chi connectivity index (χ0v) is 11.0. The van der Waals surface area contributed by atoms with Crippen LogP contribution in [-0.4, -0.2) is 19.1 Å². The monoisotopic (exact) mass is 247 g/mol. The lowest BCUT2D eigenvalue weighted by Crippen LogP contribution is -2.36. The number of benzene rings is 1. The van der Waals surface area contributed by atoms with Gasteiger partial charge in [-0.1, -0.05) is 26.0 Å². The molecule has 18 heavy (non-hydrogen) atoms. The summed E-state index contributed by atoms with van der Waals surface area (Å²) in [5.41, 5.74) is 8.98. The van der Waals surface area contributed by atoms with Crippen molar-refractivity contribution in [2.24, 2.45) is 5.73 Å². The lowest BCUT2D eigenvalue weighted by molar-refractivity contribution is -0.116. The molecule has 1 aromatic rings. The van der Waals surface area contributed by atoms with Crippen molar-refractivity contribution in [2.45, 2.75) is 32.1 Å². The van der Waals surface area contributed by atoms with Gasteiger partial charge in [-0.3, -0.25) is 4.79 Å². The van der Waals surface area contributed by atoms with Crippen molar-refractivity contribution in [1.82, 2.24) is 5.32 Å². The highest BCUT2D eigenvalue weighted by molar-refractivity contribution is 5.93. The second-order valence-electron chi connectivity index (χ2n) is 5.43. The summed E-state index contributed by atoms with van der Waals surface area (Å²) in [6.45, 7) is 5.72. The molecule has 1 amide bonds. The molecule has 1 aliphatic rings. The van der Waals surface area contributed by atoms with Crippen molar-refractivity contribution in [1.29, 1.82) is 0 Å². The van der Waals surface area contributed by atoms with Gasteiger partial charge < -0.3 is 16.4 Å². The van der Waals surface area contributed by atoms with E-state index in [0.717, 1.165) is 18.7 Å². The zero-order valence-electron chi connectivity index (χ0n) is 11.0. The van der Waals surface area contributed by atoms with E-state index in [1.54, 1.807) is 0 Å². The normalized spacial score (nSPS) is 15.2. The number of amides is 1. The van der Waals surface area contributed by atoms with Gasteiger partial charge in [0.25, 0.3) is 0 Å². The minimum atomic E-state index is 0.0376. The van der Waals surface area contributed by atoms with E-state index in [2.05, 4.69) is 36.6 Å². The highest BCUT2D eigenvalue weighted by atomic mass is 16.1. The molecule has 98 valence electrons. The van der Waals surface area contributed by atoms with Gasteiger partial charge in [-0.15, -0.1) is 0 Å². The molecule has 4 nitrogen and oxygen atoms in total. The predicted octanol–water partition coefficient (Wildman–Crippen LogP) is 1.35. The Kier molecular flexibility index (Phi) is 3.68.